The third kappa shape index (κ3) is 69.1. The quantitative estimate of drug-likeness (QED) is 0.0343. The van der Waals surface area contributed by atoms with Crippen LogP contribution in [0, 0.1) is 0 Å². The Balaban J connectivity index is 4.11. The first-order valence-electron chi connectivity index (χ1n) is 37.5. The molecule has 1 unspecified atom stereocenters. The van der Waals surface area contributed by atoms with E-state index in [1.165, 1.54) is 347 Å². The van der Waals surface area contributed by atoms with Gasteiger partial charge in [-0.2, -0.15) is 0 Å². The summed E-state index contributed by atoms with van der Waals surface area (Å²) in [7, 11) is 0. The highest BCUT2D eigenvalue weighted by Gasteiger charge is 2.20. The lowest BCUT2D eigenvalue weighted by atomic mass is 10.0. The predicted octanol–water partition coefficient (Wildman–Crippen LogP) is 25.8. The van der Waals surface area contributed by atoms with Crippen LogP contribution in [-0.4, -0.2) is 37.2 Å². The van der Waals surface area contributed by atoms with E-state index in [1.54, 1.807) is 0 Å². The molecular weight excluding hydrogens is 997 g/mol. The molecule has 0 aliphatic heterocycles. The first-order chi connectivity index (χ1) is 40.0. The predicted molar refractivity (Wildman–Crippen MR) is 354 cm³/mol. The fourth-order valence-corrected chi connectivity index (χ4v) is 12.0. The van der Waals surface area contributed by atoms with Crippen molar-refractivity contribution >= 4 is 17.9 Å². The van der Waals surface area contributed by atoms with Crippen LogP contribution in [0.4, 0.5) is 0 Å². The zero-order valence-corrected chi connectivity index (χ0v) is 55.6. The van der Waals surface area contributed by atoms with Crippen molar-refractivity contribution in [2.45, 2.75) is 451 Å². The molecule has 0 fully saturated rings. The fourth-order valence-electron chi connectivity index (χ4n) is 12.0. The van der Waals surface area contributed by atoms with Gasteiger partial charge in [0.1, 0.15) is 13.2 Å². The van der Waals surface area contributed by atoms with Crippen molar-refractivity contribution in [3.63, 3.8) is 0 Å². The van der Waals surface area contributed by atoms with Crippen LogP contribution in [0.15, 0.2) is 0 Å². The summed E-state index contributed by atoms with van der Waals surface area (Å²) in [5.74, 6) is -0.820. The molecule has 0 radical (unpaired) electrons. The van der Waals surface area contributed by atoms with Crippen LogP contribution in [-0.2, 0) is 28.6 Å². The molecule has 0 saturated carbocycles. The Morgan fingerprint density at radius 1 is 0.198 bits per heavy atom. The second-order valence-corrected chi connectivity index (χ2v) is 25.9. The van der Waals surface area contributed by atoms with Crippen molar-refractivity contribution in [3.8, 4) is 0 Å². The van der Waals surface area contributed by atoms with Gasteiger partial charge in [-0.3, -0.25) is 14.4 Å². The molecule has 6 heteroatoms. The number of esters is 3. The third-order valence-corrected chi connectivity index (χ3v) is 17.6. The normalized spacial score (nSPS) is 11.9. The Morgan fingerprint density at radius 2 is 0.333 bits per heavy atom. The Kier molecular flexibility index (Phi) is 69.5. The topological polar surface area (TPSA) is 78.9 Å². The third-order valence-electron chi connectivity index (χ3n) is 17.6. The molecule has 0 bridgehead atoms. The van der Waals surface area contributed by atoms with Gasteiger partial charge in [-0.15, -0.1) is 0 Å². The van der Waals surface area contributed by atoms with Crippen LogP contribution in [0.5, 0.6) is 0 Å². The van der Waals surface area contributed by atoms with Gasteiger partial charge in [0.05, 0.1) is 0 Å². The second-order valence-electron chi connectivity index (χ2n) is 25.9. The average Bonchev–Trinajstić information content (AvgIpc) is 3.47. The number of ether oxygens (including phenoxy) is 3. The van der Waals surface area contributed by atoms with Gasteiger partial charge in [0.25, 0.3) is 0 Å². The highest BCUT2D eigenvalue weighted by molar-refractivity contribution is 5.71. The Bertz CT molecular complexity index is 1220. The minimum Gasteiger partial charge on any atom is -0.462 e. The maximum atomic E-state index is 13.0. The molecule has 0 spiro atoms. The molecule has 81 heavy (non-hydrogen) atoms. The first-order valence-corrected chi connectivity index (χ1v) is 37.5. The average molecular weight is 1140 g/mol. The van der Waals surface area contributed by atoms with Crippen LogP contribution in [0.1, 0.15) is 445 Å². The monoisotopic (exact) mass is 1140 g/mol. The van der Waals surface area contributed by atoms with Crippen molar-refractivity contribution in [2.24, 2.45) is 0 Å². The molecule has 0 aromatic heterocycles. The highest BCUT2D eigenvalue weighted by Crippen LogP contribution is 2.20. The summed E-state index contributed by atoms with van der Waals surface area (Å²) < 4.78 is 17.0. The van der Waals surface area contributed by atoms with Gasteiger partial charge in [0, 0.05) is 19.3 Å². The summed E-state index contributed by atoms with van der Waals surface area (Å²) in [6.45, 7) is 6.74. The molecule has 0 aliphatic rings. The summed E-state index contributed by atoms with van der Waals surface area (Å²) in [6, 6.07) is 0. The molecule has 0 aliphatic carbocycles. The zero-order chi connectivity index (χ0) is 58.5. The largest absolute Gasteiger partial charge is 0.462 e. The summed E-state index contributed by atoms with van der Waals surface area (Å²) in [5, 5.41) is 0. The summed E-state index contributed by atoms with van der Waals surface area (Å²) >= 11 is 0. The molecule has 0 N–H and O–H groups in total. The van der Waals surface area contributed by atoms with Crippen molar-refractivity contribution in [1.29, 1.82) is 0 Å². The van der Waals surface area contributed by atoms with Crippen molar-refractivity contribution in [1.82, 2.24) is 0 Å². The molecule has 0 amide bonds. The summed E-state index contributed by atoms with van der Waals surface area (Å²) in [4.78, 5) is 38.4. The van der Waals surface area contributed by atoms with Gasteiger partial charge in [-0.1, -0.05) is 406 Å². The number of hydrogen-bond acceptors (Lipinski definition) is 6. The van der Waals surface area contributed by atoms with Crippen LogP contribution in [0.2, 0.25) is 0 Å². The van der Waals surface area contributed by atoms with Crippen LogP contribution < -0.4 is 0 Å². The lowest BCUT2D eigenvalue weighted by molar-refractivity contribution is -0.167. The van der Waals surface area contributed by atoms with E-state index in [-0.39, 0.29) is 31.1 Å². The maximum absolute atomic E-state index is 13.0. The molecule has 0 aromatic rings. The molecule has 0 saturated heterocycles. The molecule has 482 valence electrons. The van der Waals surface area contributed by atoms with Crippen LogP contribution in [0.25, 0.3) is 0 Å². The lowest BCUT2D eigenvalue weighted by Gasteiger charge is -2.18. The fraction of sp³-hybridized carbons (Fsp3) is 0.960. The van der Waals surface area contributed by atoms with Gasteiger partial charge in [-0.05, 0) is 19.3 Å². The first kappa shape index (κ1) is 79.4. The lowest BCUT2D eigenvalue weighted by Crippen LogP contribution is -2.30. The SMILES string of the molecule is CCCCCCCCCCCCCCCCCCCCCCCCCCCCC(=O)OCC(COC(=O)CCCCCCCCCCCCC)OC(=O)CCCCCCCCCCCCCCCCCCCCCCCCCCCC. The van der Waals surface area contributed by atoms with E-state index in [0.717, 1.165) is 57.8 Å². The molecule has 0 aromatic carbocycles. The molecule has 0 heterocycles. The minimum absolute atomic E-state index is 0.0602. The molecule has 6 nitrogen and oxygen atoms in total. The maximum Gasteiger partial charge on any atom is 0.306 e. The number of carbonyl (C=O) groups is 3. The van der Waals surface area contributed by atoms with Crippen LogP contribution >= 0.6 is 0 Å². The van der Waals surface area contributed by atoms with Gasteiger partial charge < -0.3 is 14.2 Å². The van der Waals surface area contributed by atoms with E-state index >= 15 is 0 Å². The van der Waals surface area contributed by atoms with Crippen molar-refractivity contribution < 1.29 is 28.6 Å². The Morgan fingerprint density at radius 3 is 0.494 bits per heavy atom. The zero-order valence-electron chi connectivity index (χ0n) is 55.6. The smallest absolute Gasteiger partial charge is 0.306 e. The van der Waals surface area contributed by atoms with E-state index in [2.05, 4.69) is 20.8 Å². The number of rotatable bonds is 71. The van der Waals surface area contributed by atoms with Crippen molar-refractivity contribution in [2.75, 3.05) is 13.2 Å². The molecule has 0 rings (SSSR count). The summed E-state index contributed by atoms with van der Waals surface area (Å²) in [5.41, 5.74) is 0. The van der Waals surface area contributed by atoms with E-state index in [4.69, 9.17) is 14.2 Å². The standard InChI is InChI=1S/C75H146O6/c1-4-7-10-13-16-19-22-24-26-28-30-32-34-36-38-40-42-44-46-48-50-53-56-59-62-65-68-74(77)80-71-72(70-79-73(76)67-64-61-58-55-52-21-18-15-12-9-6-3)81-75(78)69-66-63-60-57-54-51-49-47-45-43-41-39-37-35-33-31-29-27-25-23-20-17-14-11-8-5-2/h72H,4-71H2,1-3H3. The van der Waals surface area contributed by atoms with Crippen LogP contribution in [0.3, 0.4) is 0 Å². The number of hydrogen-bond donors (Lipinski definition) is 0. The van der Waals surface area contributed by atoms with E-state index in [9.17, 15) is 14.4 Å². The van der Waals surface area contributed by atoms with E-state index in [1.807, 2.05) is 0 Å². The van der Waals surface area contributed by atoms with Gasteiger partial charge >= 0.3 is 17.9 Å². The molecule has 1 atom stereocenters. The Hall–Kier alpha value is -1.59. The van der Waals surface area contributed by atoms with Gasteiger partial charge in [0.15, 0.2) is 6.10 Å². The van der Waals surface area contributed by atoms with E-state index < -0.39 is 6.10 Å². The Labute approximate surface area is 508 Å². The van der Waals surface area contributed by atoms with Crippen molar-refractivity contribution in [3.05, 3.63) is 0 Å². The highest BCUT2D eigenvalue weighted by atomic mass is 16.6. The number of unbranched alkanes of at least 4 members (excludes halogenated alkanes) is 60. The summed E-state index contributed by atoms with van der Waals surface area (Å²) in [6.07, 6.45) is 84.5. The molecular formula is C75H146O6. The van der Waals surface area contributed by atoms with Gasteiger partial charge in [0.2, 0.25) is 0 Å². The number of carbonyl (C=O) groups excluding carboxylic acids is 3. The van der Waals surface area contributed by atoms with Gasteiger partial charge in [-0.25, -0.2) is 0 Å². The minimum atomic E-state index is -0.763. The van der Waals surface area contributed by atoms with E-state index in [0.29, 0.717) is 19.3 Å². The second kappa shape index (κ2) is 70.9.